The first-order chi connectivity index (χ1) is 15.5. The van der Waals surface area contributed by atoms with Gasteiger partial charge < -0.3 is 20.1 Å². The molecule has 2 aromatic carbocycles. The van der Waals surface area contributed by atoms with Gasteiger partial charge in [0.25, 0.3) is 5.91 Å². The smallest absolute Gasteiger partial charge is 0.309 e. The van der Waals surface area contributed by atoms with Crippen LogP contribution >= 0.6 is 0 Å². The Hall–Kier alpha value is -3.39. The zero-order valence-electron chi connectivity index (χ0n) is 18.4. The fourth-order valence-electron chi connectivity index (χ4n) is 3.64. The van der Waals surface area contributed by atoms with Crippen molar-refractivity contribution in [3.63, 3.8) is 0 Å². The maximum absolute atomic E-state index is 12.5. The SMILES string of the molecule is CCOC(=O)C1CCN(CC(=O)Nc2ccc(C(=O)Nc3ccccc3OC)cc2)CC1. The maximum atomic E-state index is 12.5. The number of rotatable bonds is 8. The van der Waals surface area contributed by atoms with E-state index in [1.54, 1.807) is 50.4 Å². The Balaban J connectivity index is 1.47. The quantitative estimate of drug-likeness (QED) is 0.614. The second kappa shape index (κ2) is 11.3. The van der Waals surface area contributed by atoms with Gasteiger partial charge in [0.05, 0.1) is 31.9 Å². The van der Waals surface area contributed by atoms with Crippen LogP contribution in [-0.4, -0.2) is 56.0 Å². The molecule has 0 atom stereocenters. The average molecular weight is 440 g/mol. The third-order valence-electron chi connectivity index (χ3n) is 5.36. The van der Waals surface area contributed by atoms with E-state index in [2.05, 4.69) is 10.6 Å². The number of hydrogen-bond acceptors (Lipinski definition) is 6. The van der Waals surface area contributed by atoms with E-state index < -0.39 is 0 Å². The van der Waals surface area contributed by atoms with E-state index in [0.717, 1.165) is 0 Å². The lowest BCUT2D eigenvalue weighted by Crippen LogP contribution is -2.41. The van der Waals surface area contributed by atoms with Gasteiger partial charge >= 0.3 is 5.97 Å². The molecule has 2 N–H and O–H groups in total. The number of likely N-dealkylation sites (tertiary alicyclic amines) is 1. The predicted molar refractivity (Wildman–Crippen MR) is 122 cm³/mol. The van der Waals surface area contributed by atoms with E-state index in [0.29, 0.717) is 55.2 Å². The van der Waals surface area contributed by atoms with Gasteiger partial charge in [0.15, 0.2) is 0 Å². The van der Waals surface area contributed by atoms with Crippen LogP contribution in [0.5, 0.6) is 5.75 Å². The molecule has 32 heavy (non-hydrogen) atoms. The van der Waals surface area contributed by atoms with Crippen LogP contribution in [0, 0.1) is 5.92 Å². The fourth-order valence-corrected chi connectivity index (χ4v) is 3.64. The van der Waals surface area contributed by atoms with Crippen molar-refractivity contribution in [2.75, 3.05) is 44.0 Å². The van der Waals surface area contributed by atoms with Crippen LogP contribution in [0.2, 0.25) is 0 Å². The number of carbonyl (C=O) groups is 3. The molecular weight excluding hydrogens is 410 g/mol. The summed E-state index contributed by atoms with van der Waals surface area (Å²) >= 11 is 0. The van der Waals surface area contributed by atoms with Crippen molar-refractivity contribution in [1.29, 1.82) is 0 Å². The summed E-state index contributed by atoms with van der Waals surface area (Å²) in [5, 5.41) is 5.67. The number of carbonyl (C=O) groups excluding carboxylic acids is 3. The van der Waals surface area contributed by atoms with Crippen LogP contribution in [0.15, 0.2) is 48.5 Å². The molecule has 1 saturated heterocycles. The molecule has 170 valence electrons. The number of nitrogens with one attached hydrogen (secondary N) is 2. The first-order valence-electron chi connectivity index (χ1n) is 10.7. The van der Waals surface area contributed by atoms with Crippen molar-refractivity contribution in [2.24, 2.45) is 5.92 Å². The van der Waals surface area contributed by atoms with Gasteiger partial charge in [-0.15, -0.1) is 0 Å². The van der Waals surface area contributed by atoms with E-state index in [1.807, 2.05) is 17.0 Å². The Labute approximate surface area is 187 Å². The zero-order valence-corrected chi connectivity index (χ0v) is 18.4. The minimum absolute atomic E-state index is 0.0798. The van der Waals surface area contributed by atoms with Gasteiger partial charge in [-0.05, 0) is 69.3 Å². The number of amides is 2. The molecule has 0 saturated carbocycles. The highest BCUT2D eigenvalue weighted by atomic mass is 16.5. The Kier molecular flexibility index (Phi) is 8.21. The van der Waals surface area contributed by atoms with Gasteiger partial charge in [0.1, 0.15) is 5.75 Å². The fraction of sp³-hybridized carbons (Fsp3) is 0.375. The zero-order chi connectivity index (χ0) is 22.9. The summed E-state index contributed by atoms with van der Waals surface area (Å²) in [6.07, 6.45) is 1.39. The minimum atomic E-state index is -0.267. The molecule has 1 aliphatic heterocycles. The second-order valence-corrected chi connectivity index (χ2v) is 7.58. The predicted octanol–water partition coefficient (Wildman–Crippen LogP) is 3.16. The second-order valence-electron chi connectivity index (χ2n) is 7.58. The summed E-state index contributed by atoms with van der Waals surface area (Å²) in [5.74, 6) is -0.0473. The van der Waals surface area contributed by atoms with Crippen LogP contribution in [0.3, 0.4) is 0 Å². The third kappa shape index (κ3) is 6.31. The number of nitrogens with zero attached hydrogens (tertiary/aromatic N) is 1. The number of esters is 1. The van der Waals surface area contributed by atoms with Crippen LogP contribution in [0.25, 0.3) is 0 Å². The molecule has 0 unspecified atom stereocenters. The minimum Gasteiger partial charge on any atom is -0.495 e. The number of methoxy groups -OCH3 is 1. The normalized spacial score (nSPS) is 14.4. The van der Waals surface area contributed by atoms with Gasteiger partial charge in [-0.2, -0.15) is 0 Å². The summed E-state index contributed by atoms with van der Waals surface area (Å²) in [7, 11) is 1.55. The van der Waals surface area contributed by atoms with Gasteiger partial charge in [0.2, 0.25) is 5.91 Å². The highest BCUT2D eigenvalue weighted by Crippen LogP contribution is 2.24. The first kappa shape index (κ1) is 23.3. The molecule has 8 nitrogen and oxygen atoms in total. The molecular formula is C24H29N3O5. The molecule has 8 heteroatoms. The first-order valence-corrected chi connectivity index (χ1v) is 10.7. The van der Waals surface area contributed by atoms with Gasteiger partial charge in [-0.1, -0.05) is 12.1 Å². The molecule has 0 bridgehead atoms. The summed E-state index contributed by atoms with van der Waals surface area (Å²) in [6.45, 7) is 3.81. The lowest BCUT2D eigenvalue weighted by molar-refractivity contribution is -0.149. The van der Waals surface area contributed by atoms with Gasteiger partial charge in [0, 0.05) is 11.3 Å². The van der Waals surface area contributed by atoms with Gasteiger partial charge in [-0.25, -0.2) is 0 Å². The van der Waals surface area contributed by atoms with Gasteiger partial charge in [-0.3, -0.25) is 19.3 Å². The van der Waals surface area contributed by atoms with E-state index >= 15 is 0 Å². The van der Waals surface area contributed by atoms with Crippen molar-refractivity contribution < 1.29 is 23.9 Å². The highest BCUT2D eigenvalue weighted by molar-refractivity contribution is 6.05. The lowest BCUT2D eigenvalue weighted by atomic mass is 9.97. The molecule has 3 rings (SSSR count). The van der Waals surface area contributed by atoms with Crippen molar-refractivity contribution in [3.8, 4) is 5.75 Å². The molecule has 1 heterocycles. The number of benzene rings is 2. The monoisotopic (exact) mass is 439 g/mol. The van der Waals surface area contributed by atoms with Crippen LogP contribution in [0.4, 0.5) is 11.4 Å². The van der Waals surface area contributed by atoms with Crippen molar-refractivity contribution in [1.82, 2.24) is 4.90 Å². The Morgan fingerprint density at radius 2 is 1.69 bits per heavy atom. The molecule has 0 aromatic heterocycles. The third-order valence-corrected chi connectivity index (χ3v) is 5.36. The standard InChI is InChI=1S/C24H29N3O5/c1-3-32-24(30)18-12-14-27(15-13-18)16-22(28)25-19-10-8-17(9-11-19)23(29)26-20-6-4-5-7-21(20)31-2/h4-11,18H,3,12-16H2,1-2H3,(H,25,28)(H,26,29). The molecule has 2 amide bonds. The van der Waals surface area contributed by atoms with E-state index in [1.165, 1.54) is 0 Å². The topological polar surface area (TPSA) is 97.0 Å². The molecule has 1 fully saturated rings. The molecule has 0 spiro atoms. The summed E-state index contributed by atoms with van der Waals surface area (Å²) in [5.41, 5.74) is 1.67. The Morgan fingerprint density at radius 1 is 1.00 bits per heavy atom. The Morgan fingerprint density at radius 3 is 2.34 bits per heavy atom. The van der Waals surface area contributed by atoms with Crippen molar-refractivity contribution in [2.45, 2.75) is 19.8 Å². The summed E-state index contributed by atoms with van der Waals surface area (Å²) in [4.78, 5) is 38.7. The number of piperidine rings is 1. The molecule has 0 aliphatic carbocycles. The van der Waals surface area contributed by atoms with Crippen molar-refractivity contribution in [3.05, 3.63) is 54.1 Å². The number of anilines is 2. The Bertz CT molecular complexity index is 937. The van der Waals surface area contributed by atoms with E-state index in [-0.39, 0.29) is 30.2 Å². The lowest BCUT2D eigenvalue weighted by Gasteiger charge is -2.30. The largest absolute Gasteiger partial charge is 0.495 e. The van der Waals surface area contributed by atoms with E-state index in [4.69, 9.17) is 9.47 Å². The van der Waals surface area contributed by atoms with Crippen molar-refractivity contribution >= 4 is 29.2 Å². The van der Waals surface area contributed by atoms with E-state index in [9.17, 15) is 14.4 Å². The van der Waals surface area contributed by atoms with Crippen LogP contribution in [-0.2, 0) is 14.3 Å². The van der Waals surface area contributed by atoms with Crippen LogP contribution < -0.4 is 15.4 Å². The maximum Gasteiger partial charge on any atom is 0.309 e. The average Bonchev–Trinajstić information content (AvgIpc) is 2.80. The molecule has 1 aliphatic rings. The highest BCUT2D eigenvalue weighted by Gasteiger charge is 2.26. The molecule has 0 radical (unpaired) electrons. The molecule has 2 aromatic rings. The summed E-state index contributed by atoms with van der Waals surface area (Å²) in [6, 6.07) is 13.9. The number of hydrogen-bond donors (Lipinski definition) is 2. The summed E-state index contributed by atoms with van der Waals surface area (Å²) < 4.78 is 10.3. The van der Waals surface area contributed by atoms with Crippen LogP contribution in [0.1, 0.15) is 30.1 Å². The number of para-hydroxylation sites is 2. The number of ether oxygens (including phenoxy) is 2.